The summed E-state index contributed by atoms with van der Waals surface area (Å²) in [6.45, 7) is 2.34. The van der Waals surface area contributed by atoms with Gasteiger partial charge in [0.1, 0.15) is 12.3 Å². The Labute approximate surface area is 296 Å². The maximum Gasteiger partial charge on any atom is 0.320 e. The standard InChI is InChI=1S/C34H45Cl2N5O8/c35-28-7-3-8-29(36)27(28)21-25-5-1-2-6-26(25)22-31(43)37-10-4-9-30(34(48)49)41-17-15-38(19-20-42)11-12-39(23-32(44)45)13-14-40(16-18-41)24-33(46)47/h1-3,5-8,20,30H,4,9-19,21-24H2,(H,37,43)(H,44,45)(H,46,47)(H,48,49). The van der Waals surface area contributed by atoms with Crippen molar-refractivity contribution >= 4 is 53.3 Å². The van der Waals surface area contributed by atoms with Crippen LogP contribution in [0.3, 0.4) is 0 Å². The van der Waals surface area contributed by atoms with Gasteiger partial charge in [0.2, 0.25) is 5.91 Å². The zero-order valence-electron chi connectivity index (χ0n) is 27.4. The Morgan fingerprint density at radius 2 is 1.29 bits per heavy atom. The second-order valence-corrected chi connectivity index (χ2v) is 12.8. The third-order valence-corrected chi connectivity index (χ3v) is 9.23. The van der Waals surface area contributed by atoms with Gasteiger partial charge < -0.3 is 25.4 Å². The third kappa shape index (κ3) is 14.0. The van der Waals surface area contributed by atoms with Gasteiger partial charge >= 0.3 is 17.9 Å². The highest BCUT2D eigenvalue weighted by atomic mass is 35.5. The molecular weight excluding hydrogens is 677 g/mol. The predicted octanol–water partition coefficient (Wildman–Crippen LogP) is 2.07. The maximum absolute atomic E-state index is 12.9. The minimum atomic E-state index is -1.04. The first-order valence-corrected chi connectivity index (χ1v) is 17.0. The number of hydrogen-bond donors (Lipinski definition) is 4. The topological polar surface area (TPSA) is 171 Å². The number of nitrogens with zero attached hydrogens (tertiary/aromatic N) is 4. The largest absolute Gasteiger partial charge is 0.480 e. The van der Waals surface area contributed by atoms with Crippen LogP contribution < -0.4 is 5.32 Å². The first-order chi connectivity index (χ1) is 23.5. The molecule has 268 valence electrons. The predicted molar refractivity (Wildman–Crippen MR) is 185 cm³/mol. The molecule has 4 N–H and O–H groups in total. The molecule has 13 nitrogen and oxygen atoms in total. The number of carbonyl (C=O) groups is 5. The van der Waals surface area contributed by atoms with E-state index in [1.54, 1.807) is 32.9 Å². The number of carboxylic acid groups (broad SMARTS) is 3. The van der Waals surface area contributed by atoms with Crippen molar-refractivity contribution in [2.45, 2.75) is 31.7 Å². The van der Waals surface area contributed by atoms with Crippen LogP contribution in [0.15, 0.2) is 42.5 Å². The van der Waals surface area contributed by atoms with Crippen LogP contribution in [-0.4, -0.2) is 150 Å². The molecule has 15 heteroatoms. The molecule has 1 heterocycles. The SMILES string of the molecule is O=CCN1CCN(CC(=O)O)CCN(CC(=O)O)CCN(C(CCCNC(=O)Cc2ccccc2Cc2c(Cl)cccc2Cl)C(=O)O)CC1. The number of nitrogens with one attached hydrogen (secondary N) is 1. The van der Waals surface area contributed by atoms with E-state index >= 15 is 0 Å². The fourth-order valence-corrected chi connectivity index (χ4v) is 6.40. The van der Waals surface area contributed by atoms with Crippen molar-refractivity contribution in [2.24, 2.45) is 0 Å². The Balaban J connectivity index is 1.63. The molecule has 0 spiro atoms. The zero-order chi connectivity index (χ0) is 35.8. The van der Waals surface area contributed by atoms with E-state index in [-0.39, 0.29) is 64.6 Å². The molecule has 1 aliphatic heterocycles. The van der Waals surface area contributed by atoms with Gasteiger partial charge in [-0.2, -0.15) is 0 Å². The van der Waals surface area contributed by atoms with Crippen LogP contribution in [0.1, 0.15) is 29.5 Å². The monoisotopic (exact) mass is 721 g/mol. The molecule has 49 heavy (non-hydrogen) atoms. The van der Waals surface area contributed by atoms with E-state index in [9.17, 15) is 39.3 Å². The average molecular weight is 723 g/mol. The Bertz CT molecular complexity index is 1410. The molecule has 2 aromatic rings. The number of aldehydes is 1. The highest BCUT2D eigenvalue weighted by molar-refractivity contribution is 6.36. The van der Waals surface area contributed by atoms with Gasteiger partial charge in [0, 0.05) is 75.4 Å². The van der Waals surface area contributed by atoms with Gasteiger partial charge in [-0.1, -0.05) is 53.5 Å². The van der Waals surface area contributed by atoms with Crippen LogP contribution in [0.25, 0.3) is 0 Å². The molecule has 1 unspecified atom stereocenters. The lowest BCUT2D eigenvalue weighted by molar-refractivity contribution is -0.144. The Morgan fingerprint density at radius 1 is 0.755 bits per heavy atom. The second kappa shape index (κ2) is 20.8. The summed E-state index contributed by atoms with van der Waals surface area (Å²) in [5, 5.41) is 33.0. The van der Waals surface area contributed by atoms with Crippen LogP contribution in [-0.2, 0) is 36.8 Å². The molecule has 3 rings (SSSR count). The van der Waals surface area contributed by atoms with E-state index < -0.39 is 23.9 Å². The van der Waals surface area contributed by atoms with Crippen LogP contribution in [0, 0.1) is 0 Å². The van der Waals surface area contributed by atoms with Gasteiger partial charge in [-0.3, -0.25) is 38.8 Å². The molecule has 0 aromatic heterocycles. The maximum atomic E-state index is 12.9. The molecule has 0 aliphatic carbocycles. The van der Waals surface area contributed by atoms with Gasteiger partial charge in [-0.05, 0) is 41.7 Å². The summed E-state index contributed by atoms with van der Waals surface area (Å²) in [7, 11) is 0. The van der Waals surface area contributed by atoms with E-state index in [4.69, 9.17) is 23.2 Å². The molecule has 2 aromatic carbocycles. The van der Waals surface area contributed by atoms with Gasteiger partial charge in [-0.25, -0.2) is 0 Å². The number of halogens is 2. The summed E-state index contributed by atoms with van der Waals surface area (Å²) in [6, 6.07) is 12.0. The lowest BCUT2D eigenvalue weighted by atomic mass is 9.97. The molecule has 1 aliphatic rings. The first kappa shape index (κ1) is 39.8. The Kier molecular flexibility index (Phi) is 16.9. The molecule has 1 fully saturated rings. The normalized spacial score (nSPS) is 16.6. The van der Waals surface area contributed by atoms with E-state index in [1.165, 1.54) is 0 Å². The highest BCUT2D eigenvalue weighted by Crippen LogP contribution is 2.28. The van der Waals surface area contributed by atoms with Crippen LogP contribution in [0.4, 0.5) is 0 Å². The number of hydrogen-bond acceptors (Lipinski definition) is 9. The summed E-state index contributed by atoms with van der Waals surface area (Å²) >= 11 is 12.7. The van der Waals surface area contributed by atoms with E-state index in [2.05, 4.69) is 5.32 Å². The number of rotatable bonds is 16. The summed E-state index contributed by atoms with van der Waals surface area (Å²) < 4.78 is 0. The van der Waals surface area contributed by atoms with Crippen molar-refractivity contribution in [3.63, 3.8) is 0 Å². The summed E-state index contributed by atoms with van der Waals surface area (Å²) in [4.78, 5) is 66.8. The second-order valence-electron chi connectivity index (χ2n) is 12.0. The number of benzene rings is 2. The fraction of sp³-hybridized carbons (Fsp3) is 0.500. The molecule has 0 saturated carbocycles. The number of aliphatic carboxylic acids is 3. The molecule has 1 saturated heterocycles. The van der Waals surface area contributed by atoms with Crippen molar-refractivity contribution in [3.05, 3.63) is 69.2 Å². The van der Waals surface area contributed by atoms with Crippen molar-refractivity contribution < 1.29 is 39.3 Å². The summed E-state index contributed by atoms with van der Waals surface area (Å²) in [6.07, 6.45) is 1.97. The van der Waals surface area contributed by atoms with E-state index in [1.807, 2.05) is 29.2 Å². The van der Waals surface area contributed by atoms with Crippen molar-refractivity contribution in [3.8, 4) is 0 Å². The number of amides is 1. The van der Waals surface area contributed by atoms with Crippen LogP contribution in [0.2, 0.25) is 10.0 Å². The van der Waals surface area contributed by atoms with Gasteiger partial charge in [-0.15, -0.1) is 0 Å². The van der Waals surface area contributed by atoms with Crippen LogP contribution in [0.5, 0.6) is 0 Å². The lowest BCUT2D eigenvalue weighted by Crippen LogP contribution is -2.51. The van der Waals surface area contributed by atoms with E-state index in [0.29, 0.717) is 55.6 Å². The van der Waals surface area contributed by atoms with Gasteiger partial charge in [0.25, 0.3) is 0 Å². The fourth-order valence-electron chi connectivity index (χ4n) is 5.87. The smallest absolute Gasteiger partial charge is 0.320 e. The Hall–Kier alpha value is -3.59. The van der Waals surface area contributed by atoms with Gasteiger partial charge in [0.15, 0.2) is 0 Å². The molecule has 1 amide bonds. The minimum Gasteiger partial charge on any atom is -0.480 e. The highest BCUT2D eigenvalue weighted by Gasteiger charge is 2.27. The van der Waals surface area contributed by atoms with Gasteiger partial charge in [0.05, 0.1) is 26.1 Å². The quantitative estimate of drug-likeness (QED) is 0.147. The van der Waals surface area contributed by atoms with Crippen molar-refractivity contribution in [2.75, 3.05) is 78.5 Å². The summed E-state index contributed by atoms with van der Waals surface area (Å²) in [5.41, 5.74) is 2.53. The number of carboxylic acids is 3. The molecule has 0 bridgehead atoms. The number of carbonyl (C=O) groups excluding carboxylic acids is 2. The van der Waals surface area contributed by atoms with Crippen molar-refractivity contribution in [1.82, 2.24) is 24.9 Å². The summed E-state index contributed by atoms with van der Waals surface area (Å²) in [5.74, 6) is -3.29. The first-order valence-electron chi connectivity index (χ1n) is 16.2. The Morgan fingerprint density at radius 3 is 1.84 bits per heavy atom. The van der Waals surface area contributed by atoms with Crippen molar-refractivity contribution in [1.29, 1.82) is 0 Å². The zero-order valence-corrected chi connectivity index (χ0v) is 28.9. The van der Waals surface area contributed by atoms with Crippen LogP contribution >= 0.6 is 23.2 Å². The molecule has 0 radical (unpaired) electrons. The lowest BCUT2D eigenvalue weighted by Gasteiger charge is -2.35. The van der Waals surface area contributed by atoms with E-state index in [0.717, 1.165) is 23.0 Å². The average Bonchev–Trinajstić information content (AvgIpc) is 3.03. The third-order valence-electron chi connectivity index (χ3n) is 8.52. The molecular formula is C34H45Cl2N5O8. The molecule has 1 atom stereocenters. The minimum absolute atomic E-state index is 0.109.